The van der Waals surface area contributed by atoms with Gasteiger partial charge in [-0.2, -0.15) is 9.78 Å². The highest BCUT2D eigenvalue weighted by molar-refractivity contribution is 6.04. The highest BCUT2D eigenvalue weighted by Crippen LogP contribution is 2.50. The van der Waals surface area contributed by atoms with E-state index in [1.165, 1.54) is 11.2 Å². The maximum absolute atomic E-state index is 15.4. The van der Waals surface area contributed by atoms with E-state index in [1.807, 2.05) is 0 Å². The number of benzene rings is 2. The first-order chi connectivity index (χ1) is 16.7. The predicted molar refractivity (Wildman–Crippen MR) is 113 cm³/mol. The van der Waals surface area contributed by atoms with Crippen LogP contribution in [-0.4, -0.2) is 38.9 Å². The number of amides is 1. The van der Waals surface area contributed by atoms with Crippen LogP contribution in [0.1, 0.15) is 11.6 Å². The third-order valence-corrected chi connectivity index (χ3v) is 6.55. The maximum Gasteiger partial charge on any atom is 0.504 e. The van der Waals surface area contributed by atoms with E-state index < -0.39 is 29.9 Å². The average Bonchev–Trinajstić information content (AvgIpc) is 3.44. The van der Waals surface area contributed by atoms with Gasteiger partial charge in [0, 0.05) is 28.9 Å². The molecule has 1 N–H and O–H groups in total. The fraction of sp³-hybridized carbons (Fsp3) is 0.261. The van der Waals surface area contributed by atoms with Crippen LogP contribution in [0, 0.1) is 23.5 Å². The summed E-state index contributed by atoms with van der Waals surface area (Å²) in [7, 11) is 0. The van der Waals surface area contributed by atoms with Crippen LogP contribution >= 0.6 is 0 Å². The van der Waals surface area contributed by atoms with Crippen molar-refractivity contribution in [2.75, 3.05) is 18.1 Å². The fourth-order valence-corrected chi connectivity index (χ4v) is 4.74. The number of carbonyl (C=O) groups excluding carboxylic acids is 1. The van der Waals surface area contributed by atoms with E-state index in [2.05, 4.69) is 15.1 Å². The molecular formula is C23H16F5N5O2. The number of H-pyrrole nitrogens is 1. The summed E-state index contributed by atoms with van der Waals surface area (Å²) in [5.74, 6) is -3.10. The van der Waals surface area contributed by atoms with Gasteiger partial charge in [0.25, 0.3) is 0 Å². The molecule has 2 aliphatic rings. The molecule has 2 unspecified atom stereocenters. The minimum atomic E-state index is -4.75. The van der Waals surface area contributed by atoms with Gasteiger partial charge in [-0.1, -0.05) is 0 Å². The smallest absolute Gasteiger partial charge is 0.381 e. The third-order valence-electron chi connectivity index (χ3n) is 6.55. The lowest BCUT2D eigenvalue weighted by Crippen LogP contribution is -2.61. The summed E-state index contributed by atoms with van der Waals surface area (Å²) in [6.07, 6.45) is -1.72. The van der Waals surface area contributed by atoms with Crippen LogP contribution in [0.2, 0.25) is 0 Å². The minimum absolute atomic E-state index is 0.0962. The molecule has 2 aromatic heterocycles. The minimum Gasteiger partial charge on any atom is -0.381 e. The summed E-state index contributed by atoms with van der Waals surface area (Å²) >= 11 is 0. The summed E-state index contributed by atoms with van der Waals surface area (Å²) < 4.78 is 74.4. The Hall–Kier alpha value is -3.80. The zero-order chi connectivity index (χ0) is 24.5. The molecule has 0 radical (unpaired) electrons. The molecule has 2 fully saturated rings. The molecule has 4 heterocycles. The number of nitrogens with zero attached hydrogens (tertiary/aromatic N) is 4. The van der Waals surface area contributed by atoms with Crippen molar-refractivity contribution < 1.29 is 31.5 Å². The molecule has 35 heavy (non-hydrogen) atoms. The van der Waals surface area contributed by atoms with Crippen LogP contribution in [0.4, 0.5) is 27.6 Å². The largest absolute Gasteiger partial charge is 0.504 e. The Balaban J connectivity index is 1.41. The number of hydrogen-bond acceptors (Lipinski definition) is 4. The number of rotatable bonds is 4. The molecular weight excluding hydrogens is 473 g/mol. The van der Waals surface area contributed by atoms with Crippen molar-refractivity contribution in [2.45, 2.75) is 12.3 Å². The lowest BCUT2D eigenvalue weighted by molar-refractivity contribution is -0.212. The van der Waals surface area contributed by atoms with Crippen molar-refractivity contribution in [1.29, 1.82) is 0 Å². The topological polar surface area (TPSA) is 76.0 Å². The van der Waals surface area contributed by atoms with Gasteiger partial charge in [0.2, 0.25) is 5.91 Å². The number of fused-ring (bicyclic) bond motifs is 1. The molecule has 2 atom stereocenters. The molecule has 4 aromatic rings. The number of anilines is 1. The van der Waals surface area contributed by atoms with E-state index in [0.29, 0.717) is 30.6 Å². The zero-order valence-electron chi connectivity index (χ0n) is 17.8. The molecule has 0 bridgehead atoms. The SMILES string of the molecule is O=C1C(C2COC2)C(c2c(F)cc(-c3cnn(C(F)(F)F)c3)cc2F)N1c1ccc2[nH]cnc2c1. The van der Waals surface area contributed by atoms with Gasteiger partial charge in [0.15, 0.2) is 0 Å². The summed E-state index contributed by atoms with van der Waals surface area (Å²) in [4.78, 5) is 21.6. The van der Waals surface area contributed by atoms with E-state index in [9.17, 15) is 18.0 Å². The molecule has 7 nitrogen and oxygen atoms in total. The first-order valence-electron chi connectivity index (χ1n) is 10.7. The van der Waals surface area contributed by atoms with E-state index in [-0.39, 0.29) is 33.2 Å². The zero-order valence-corrected chi connectivity index (χ0v) is 17.8. The quantitative estimate of drug-likeness (QED) is 0.338. The molecule has 12 heteroatoms. The molecule has 0 saturated carbocycles. The second-order valence-corrected chi connectivity index (χ2v) is 8.58. The van der Waals surface area contributed by atoms with Crippen molar-refractivity contribution in [2.24, 2.45) is 11.8 Å². The Morgan fingerprint density at radius 1 is 1.06 bits per heavy atom. The van der Waals surface area contributed by atoms with Gasteiger partial charge in [0.1, 0.15) is 11.6 Å². The first kappa shape index (κ1) is 21.7. The number of alkyl halides is 3. The van der Waals surface area contributed by atoms with E-state index in [4.69, 9.17) is 4.74 Å². The van der Waals surface area contributed by atoms with Gasteiger partial charge in [-0.25, -0.2) is 13.8 Å². The number of carbonyl (C=O) groups is 1. The number of β-lactam (4-membered cyclic amide) rings is 1. The highest BCUT2D eigenvalue weighted by Gasteiger charge is 2.55. The molecule has 0 spiro atoms. The summed E-state index contributed by atoms with van der Waals surface area (Å²) in [5.41, 5.74) is 1.24. The van der Waals surface area contributed by atoms with E-state index in [1.54, 1.807) is 18.2 Å². The standard InChI is InChI=1S/C23H16F5N5O2/c24-15-3-11(12-6-31-32(7-12)23(26,27)28)4-16(25)20(15)21-19(13-8-35-9-13)22(34)33(21)14-1-2-17-18(5-14)30-10-29-17/h1-7,10,13,19,21H,8-9H2,(H,29,30). The molecule has 2 aromatic carbocycles. The summed E-state index contributed by atoms with van der Waals surface area (Å²) in [5, 5.41) is 3.22. The lowest BCUT2D eigenvalue weighted by Gasteiger charge is -2.52. The Bertz CT molecular complexity index is 1440. The molecule has 180 valence electrons. The van der Waals surface area contributed by atoms with Gasteiger partial charge in [0.05, 0.1) is 48.7 Å². The number of imidazole rings is 1. The second-order valence-electron chi connectivity index (χ2n) is 8.58. The van der Waals surface area contributed by atoms with Crippen LogP contribution in [0.3, 0.4) is 0 Å². The van der Waals surface area contributed by atoms with Gasteiger partial charge >= 0.3 is 6.30 Å². The normalized spacial score (nSPS) is 20.8. The van der Waals surface area contributed by atoms with Crippen molar-refractivity contribution >= 4 is 22.6 Å². The van der Waals surface area contributed by atoms with E-state index >= 15 is 8.78 Å². The van der Waals surface area contributed by atoms with Crippen LogP contribution < -0.4 is 4.90 Å². The Kier molecular flexibility index (Phi) is 4.72. The van der Waals surface area contributed by atoms with Gasteiger partial charge < -0.3 is 14.6 Å². The molecule has 2 aliphatic heterocycles. The average molecular weight is 489 g/mol. The fourth-order valence-electron chi connectivity index (χ4n) is 4.74. The van der Waals surface area contributed by atoms with Crippen LogP contribution in [-0.2, 0) is 15.8 Å². The van der Waals surface area contributed by atoms with Gasteiger partial charge in [-0.05, 0) is 35.9 Å². The molecule has 0 aliphatic carbocycles. The van der Waals surface area contributed by atoms with Crippen molar-refractivity contribution in [1.82, 2.24) is 19.7 Å². The third kappa shape index (κ3) is 3.39. The molecule has 1 amide bonds. The number of ether oxygens (including phenoxy) is 1. The van der Waals surface area contributed by atoms with Crippen LogP contribution in [0.25, 0.3) is 22.2 Å². The molecule has 6 rings (SSSR count). The Morgan fingerprint density at radius 2 is 1.80 bits per heavy atom. The highest BCUT2D eigenvalue weighted by atomic mass is 19.4. The Labute approximate surface area is 194 Å². The lowest BCUT2D eigenvalue weighted by atomic mass is 9.72. The first-order valence-corrected chi connectivity index (χ1v) is 10.7. The van der Waals surface area contributed by atoms with E-state index in [0.717, 1.165) is 23.8 Å². The van der Waals surface area contributed by atoms with Gasteiger partial charge in [-0.15, -0.1) is 13.2 Å². The van der Waals surface area contributed by atoms with Crippen LogP contribution in [0.15, 0.2) is 49.1 Å². The number of aromatic nitrogens is 4. The number of aromatic amines is 1. The summed E-state index contributed by atoms with van der Waals surface area (Å²) in [6.45, 7) is 0.605. The predicted octanol–water partition coefficient (Wildman–Crippen LogP) is 4.53. The summed E-state index contributed by atoms with van der Waals surface area (Å²) in [6, 6.07) is 6.01. The number of halogens is 5. The number of nitrogens with one attached hydrogen (secondary N) is 1. The maximum atomic E-state index is 15.4. The Morgan fingerprint density at radius 3 is 2.43 bits per heavy atom. The monoisotopic (exact) mass is 489 g/mol. The van der Waals surface area contributed by atoms with Crippen molar-refractivity contribution in [3.05, 3.63) is 66.3 Å². The van der Waals surface area contributed by atoms with Crippen LogP contribution in [0.5, 0.6) is 0 Å². The number of hydrogen-bond donors (Lipinski definition) is 1. The van der Waals surface area contributed by atoms with Crippen molar-refractivity contribution in [3.63, 3.8) is 0 Å². The second kappa shape index (κ2) is 7.60. The molecule has 2 saturated heterocycles. The van der Waals surface area contributed by atoms with Crippen molar-refractivity contribution in [3.8, 4) is 11.1 Å². The van der Waals surface area contributed by atoms with Gasteiger partial charge in [-0.3, -0.25) is 4.79 Å².